The fraction of sp³-hybridized carbons (Fsp3) is 0.263. The first-order valence-electron chi connectivity index (χ1n) is 7.71. The smallest absolute Gasteiger partial charge is 0.314 e. The number of carbonyl (C=O) groups is 2. The van der Waals surface area contributed by atoms with Crippen molar-refractivity contribution in [3.63, 3.8) is 0 Å². The van der Waals surface area contributed by atoms with Crippen molar-refractivity contribution in [1.82, 2.24) is 0 Å². The van der Waals surface area contributed by atoms with Crippen LogP contribution in [0.3, 0.4) is 0 Å². The van der Waals surface area contributed by atoms with Crippen molar-refractivity contribution in [3.8, 4) is 11.5 Å². The lowest BCUT2D eigenvalue weighted by Gasteiger charge is -2.14. The second kappa shape index (κ2) is 8.73. The molecule has 4 heteroatoms. The number of rotatable bonds is 7. The molecule has 4 nitrogen and oxygen atoms in total. The lowest BCUT2D eigenvalue weighted by molar-refractivity contribution is -0.145. The van der Waals surface area contributed by atoms with Crippen LogP contribution < -0.4 is 9.47 Å². The molecule has 0 N–H and O–H groups in total. The largest absolute Gasteiger partial charge is 0.427 e. The highest BCUT2D eigenvalue weighted by molar-refractivity contribution is 5.82. The summed E-state index contributed by atoms with van der Waals surface area (Å²) in [4.78, 5) is 24.3. The van der Waals surface area contributed by atoms with Gasteiger partial charge in [-0.3, -0.25) is 9.59 Å². The van der Waals surface area contributed by atoms with Gasteiger partial charge in [0, 0.05) is 0 Å². The molecule has 2 aromatic rings. The van der Waals surface area contributed by atoms with E-state index in [0.29, 0.717) is 17.9 Å². The summed E-state index contributed by atoms with van der Waals surface area (Å²) in [5, 5.41) is 0. The third-order valence-electron chi connectivity index (χ3n) is 3.32. The van der Waals surface area contributed by atoms with Gasteiger partial charge in [-0.1, -0.05) is 49.7 Å². The Hall–Kier alpha value is -2.62. The zero-order valence-corrected chi connectivity index (χ0v) is 13.1. The van der Waals surface area contributed by atoms with E-state index in [9.17, 15) is 9.59 Å². The number of esters is 2. The third-order valence-corrected chi connectivity index (χ3v) is 3.32. The highest BCUT2D eigenvalue weighted by atomic mass is 16.5. The Labute approximate surface area is 136 Å². The molecule has 0 aliphatic heterocycles. The van der Waals surface area contributed by atoms with Crippen molar-refractivity contribution in [3.05, 3.63) is 60.7 Å². The summed E-state index contributed by atoms with van der Waals surface area (Å²) >= 11 is 0. The van der Waals surface area contributed by atoms with E-state index in [1.165, 1.54) is 0 Å². The minimum atomic E-state index is -0.503. The van der Waals surface area contributed by atoms with Crippen LogP contribution in [0.25, 0.3) is 0 Å². The Balaban J connectivity index is 1.94. The number of para-hydroxylation sites is 2. The van der Waals surface area contributed by atoms with E-state index in [2.05, 4.69) is 0 Å². The average Bonchev–Trinajstić information content (AvgIpc) is 2.56. The molecule has 0 unspecified atom stereocenters. The lowest BCUT2D eigenvalue weighted by atomic mass is 10.00. The van der Waals surface area contributed by atoms with E-state index in [4.69, 9.17) is 9.47 Å². The Morgan fingerprint density at radius 2 is 1.39 bits per heavy atom. The van der Waals surface area contributed by atoms with Crippen LogP contribution in [0.15, 0.2) is 60.7 Å². The Bertz CT molecular complexity index is 622. The van der Waals surface area contributed by atoms with Gasteiger partial charge in [0.25, 0.3) is 0 Å². The third kappa shape index (κ3) is 5.58. The summed E-state index contributed by atoms with van der Waals surface area (Å²) in [6, 6.07) is 17.7. The summed E-state index contributed by atoms with van der Waals surface area (Å²) in [6.45, 7) is 1.96. The van der Waals surface area contributed by atoms with E-state index < -0.39 is 17.9 Å². The molecule has 2 aromatic carbocycles. The molecular weight excluding hydrogens is 292 g/mol. The fourth-order valence-electron chi connectivity index (χ4n) is 2.20. The topological polar surface area (TPSA) is 52.6 Å². The Morgan fingerprint density at radius 1 is 0.870 bits per heavy atom. The second-order valence-electron chi connectivity index (χ2n) is 5.21. The molecule has 1 atom stereocenters. The van der Waals surface area contributed by atoms with Gasteiger partial charge in [0.05, 0.1) is 12.3 Å². The zero-order valence-electron chi connectivity index (χ0n) is 13.1. The highest BCUT2D eigenvalue weighted by Gasteiger charge is 2.24. The number of hydrogen-bond donors (Lipinski definition) is 0. The van der Waals surface area contributed by atoms with Crippen LogP contribution in [0.5, 0.6) is 11.5 Å². The predicted octanol–water partition coefficient (Wildman–Crippen LogP) is 4.00. The summed E-state index contributed by atoms with van der Waals surface area (Å²) in [5.74, 6) is -0.377. The molecule has 0 fully saturated rings. The van der Waals surface area contributed by atoms with Crippen molar-refractivity contribution < 1.29 is 19.1 Å². The molecule has 0 saturated heterocycles. The molecule has 2 rings (SSSR count). The molecule has 0 spiro atoms. The Kier molecular flexibility index (Phi) is 6.36. The number of hydrogen-bond acceptors (Lipinski definition) is 4. The number of ether oxygens (including phenoxy) is 2. The lowest BCUT2D eigenvalue weighted by Crippen LogP contribution is -2.25. The van der Waals surface area contributed by atoms with Crippen molar-refractivity contribution >= 4 is 11.9 Å². The molecular formula is C19H20O4. The van der Waals surface area contributed by atoms with Gasteiger partial charge in [-0.15, -0.1) is 0 Å². The van der Waals surface area contributed by atoms with Crippen molar-refractivity contribution in [2.45, 2.75) is 26.2 Å². The maximum atomic E-state index is 12.3. The van der Waals surface area contributed by atoms with Gasteiger partial charge in [-0.05, 0) is 30.7 Å². The fourth-order valence-corrected chi connectivity index (χ4v) is 2.20. The van der Waals surface area contributed by atoms with Gasteiger partial charge < -0.3 is 9.47 Å². The molecule has 0 amide bonds. The van der Waals surface area contributed by atoms with Gasteiger partial charge in [0.2, 0.25) is 0 Å². The number of carbonyl (C=O) groups excluding carboxylic acids is 2. The van der Waals surface area contributed by atoms with Crippen molar-refractivity contribution in [2.24, 2.45) is 5.92 Å². The van der Waals surface area contributed by atoms with E-state index in [1.54, 1.807) is 48.5 Å². The van der Waals surface area contributed by atoms with E-state index in [1.807, 2.05) is 19.1 Å². The SMILES string of the molecule is CCC[C@H](CC(=O)Oc1ccccc1)C(=O)Oc1ccccc1. The highest BCUT2D eigenvalue weighted by Crippen LogP contribution is 2.19. The first kappa shape index (κ1) is 16.7. The first-order chi connectivity index (χ1) is 11.2. The molecule has 120 valence electrons. The average molecular weight is 312 g/mol. The van der Waals surface area contributed by atoms with E-state index >= 15 is 0 Å². The molecule has 0 aliphatic rings. The van der Waals surface area contributed by atoms with Crippen LogP contribution in [-0.4, -0.2) is 11.9 Å². The minimum Gasteiger partial charge on any atom is -0.427 e. The maximum absolute atomic E-state index is 12.3. The van der Waals surface area contributed by atoms with Gasteiger partial charge in [-0.25, -0.2) is 0 Å². The molecule has 0 heterocycles. The summed E-state index contributed by atoms with van der Waals surface area (Å²) in [6.07, 6.45) is 1.37. The molecule has 0 bridgehead atoms. The van der Waals surface area contributed by atoms with Crippen LogP contribution >= 0.6 is 0 Å². The second-order valence-corrected chi connectivity index (χ2v) is 5.21. The van der Waals surface area contributed by atoms with E-state index in [0.717, 1.165) is 6.42 Å². The monoisotopic (exact) mass is 312 g/mol. The molecule has 0 radical (unpaired) electrons. The number of benzene rings is 2. The standard InChI is InChI=1S/C19H20O4/c1-2-9-15(19(21)23-17-12-7-4-8-13-17)14-18(20)22-16-10-5-3-6-11-16/h3-8,10-13,15H,2,9,14H2,1H3/t15-/m1/s1. The normalized spacial score (nSPS) is 11.5. The molecule has 0 aliphatic carbocycles. The van der Waals surface area contributed by atoms with Gasteiger partial charge in [0.1, 0.15) is 11.5 Å². The molecule has 23 heavy (non-hydrogen) atoms. The van der Waals surface area contributed by atoms with Crippen LogP contribution in [0.4, 0.5) is 0 Å². The molecule has 0 aromatic heterocycles. The Morgan fingerprint density at radius 3 is 1.91 bits per heavy atom. The maximum Gasteiger partial charge on any atom is 0.314 e. The summed E-state index contributed by atoms with van der Waals surface area (Å²) in [7, 11) is 0. The minimum absolute atomic E-state index is 0.00833. The first-order valence-corrected chi connectivity index (χ1v) is 7.71. The van der Waals surface area contributed by atoms with Crippen molar-refractivity contribution in [2.75, 3.05) is 0 Å². The van der Waals surface area contributed by atoms with Gasteiger partial charge in [-0.2, -0.15) is 0 Å². The van der Waals surface area contributed by atoms with E-state index in [-0.39, 0.29) is 6.42 Å². The van der Waals surface area contributed by atoms with Crippen molar-refractivity contribution in [1.29, 1.82) is 0 Å². The van der Waals surface area contributed by atoms with Crippen LogP contribution in [0.2, 0.25) is 0 Å². The zero-order chi connectivity index (χ0) is 16.5. The summed E-state index contributed by atoms with van der Waals surface area (Å²) < 4.78 is 10.6. The van der Waals surface area contributed by atoms with Crippen LogP contribution in [0.1, 0.15) is 26.2 Å². The predicted molar refractivity (Wildman–Crippen MR) is 87.2 cm³/mol. The summed E-state index contributed by atoms with van der Waals surface area (Å²) in [5.41, 5.74) is 0. The molecule has 0 saturated carbocycles. The van der Waals surface area contributed by atoms with Gasteiger partial charge >= 0.3 is 11.9 Å². The van der Waals surface area contributed by atoms with Crippen LogP contribution in [-0.2, 0) is 9.59 Å². The quantitative estimate of drug-likeness (QED) is 0.573. The van der Waals surface area contributed by atoms with Crippen LogP contribution in [0, 0.1) is 5.92 Å². The van der Waals surface area contributed by atoms with Gasteiger partial charge in [0.15, 0.2) is 0 Å².